The molecule has 0 saturated carbocycles. The minimum Gasteiger partial charge on any atom is -0.488 e. The molecule has 0 aliphatic carbocycles. The SMILES string of the molecule is CC1(C)OCc2c(OCc3cccnc3Cl)cccc2O1. The molecule has 0 spiro atoms. The topological polar surface area (TPSA) is 40.6 Å². The molecular weight excluding hydrogens is 290 g/mol. The number of aromatic nitrogens is 1. The Balaban J connectivity index is 1.80. The molecule has 5 heteroatoms. The number of fused-ring (bicyclic) bond motifs is 1. The molecule has 0 saturated heterocycles. The van der Waals surface area contributed by atoms with Crippen molar-refractivity contribution in [3.63, 3.8) is 0 Å². The molecule has 0 N–H and O–H groups in total. The first-order chi connectivity index (χ1) is 10.1. The molecule has 0 unspecified atom stereocenters. The van der Waals surface area contributed by atoms with Gasteiger partial charge in [-0.2, -0.15) is 0 Å². The Labute approximate surface area is 128 Å². The van der Waals surface area contributed by atoms with Gasteiger partial charge in [0.1, 0.15) is 23.3 Å². The molecule has 1 aliphatic rings. The molecule has 2 heterocycles. The lowest BCUT2D eigenvalue weighted by atomic mass is 10.1. The fourth-order valence-corrected chi connectivity index (χ4v) is 2.32. The molecule has 110 valence electrons. The van der Waals surface area contributed by atoms with Crippen LogP contribution in [0.1, 0.15) is 25.0 Å². The van der Waals surface area contributed by atoms with Crippen LogP contribution >= 0.6 is 11.6 Å². The molecule has 0 fully saturated rings. The van der Waals surface area contributed by atoms with Gasteiger partial charge in [0.15, 0.2) is 0 Å². The van der Waals surface area contributed by atoms with E-state index in [9.17, 15) is 0 Å². The quantitative estimate of drug-likeness (QED) is 0.805. The van der Waals surface area contributed by atoms with Crippen molar-refractivity contribution >= 4 is 11.6 Å². The van der Waals surface area contributed by atoms with E-state index in [4.69, 9.17) is 25.8 Å². The van der Waals surface area contributed by atoms with Crippen molar-refractivity contribution in [2.45, 2.75) is 32.8 Å². The van der Waals surface area contributed by atoms with Gasteiger partial charge in [0, 0.05) is 25.6 Å². The van der Waals surface area contributed by atoms with Gasteiger partial charge in [0.05, 0.1) is 12.2 Å². The van der Waals surface area contributed by atoms with Gasteiger partial charge >= 0.3 is 0 Å². The van der Waals surface area contributed by atoms with Crippen molar-refractivity contribution in [1.29, 1.82) is 0 Å². The summed E-state index contributed by atoms with van der Waals surface area (Å²) in [6.07, 6.45) is 1.65. The highest BCUT2D eigenvalue weighted by Gasteiger charge is 2.29. The Morgan fingerprint density at radius 2 is 2.14 bits per heavy atom. The van der Waals surface area contributed by atoms with Crippen molar-refractivity contribution in [2.24, 2.45) is 0 Å². The van der Waals surface area contributed by atoms with Crippen molar-refractivity contribution < 1.29 is 14.2 Å². The number of hydrogen-bond acceptors (Lipinski definition) is 4. The third-order valence-corrected chi connectivity index (χ3v) is 3.57. The van der Waals surface area contributed by atoms with Gasteiger partial charge in [-0.3, -0.25) is 0 Å². The molecule has 0 amide bonds. The second kappa shape index (κ2) is 5.54. The maximum absolute atomic E-state index is 6.03. The van der Waals surface area contributed by atoms with Crippen molar-refractivity contribution in [2.75, 3.05) is 0 Å². The number of pyridine rings is 1. The van der Waals surface area contributed by atoms with Crippen LogP contribution in [0.15, 0.2) is 36.5 Å². The Bertz CT molecular complexity index is 658. The fourth-order valence-electron chi connectivity index (χ4n) is 2.14. The molecule has 1 aromatic heterocycles. The van der Waals surface area contributed by atoms with Crippen LogP contribution < -0.4 is 9.47 Å². The summed E-state index contributed by atoms with van der Waals surface area (Å²) in [7, 11) is 0. The minimum atomic E-state index is -0.613. The zero-order valence-electron chi connectivity index (χ0n) is 11.9. The lowest BCUT2D eigenvalue weighted by molar-refractivity contribution is -0.180. The van der Waals surface area contributed by atoms with Crippen LogP contribution in [0.3, 0.4) is 0 Å². The average molecular weight is 306 g/mol. The number of halogens is 1. The summed E-state index contributed by atoms with van der Waals surface area (Å²) < 4.78 is 17.3. The molecule has 1 aliphatic heterocycles. The summed E-state index contributed by atoms with van der Waals surface area (Å²) in [4.78, 5) is 4.03. The largest absolute Gasteiger partial charge is 0.488 e. The van der Waals surface area contributed by atoms with E-state index in [1.54, 1.807) is 6.20 Å². The van der Waals surface area contributed by atoms with E-state index < -0.39 is 5.79 Å². The minimum absolute atomic E-state index is 0.354. The maximum atomic E-state index is 6.03. The Kier molecular flexibility index (Phi) is 3.74. The molecule has 0 bridgehead atoms. The molecule has 21 heavy (non-hydrogen) atoms. The number of nitrogens with zero attached hydrogens (tertiary/aromatic N) is 1. The van der Waals surface area contributed by atoms with Crippen molar-refractivity contribution in [3.8, 4) is 11.5 Å². The van der Waals surface area contributed by atoms with Gasteiger partial charge in [-0.05, 0) is 18.2 Å². The Hall–Kier alpha value is -1.78. The van der Waals surface area contributed by atoms with Gasteiger partial charge in [-0.25, -0.2) is 4.98 Å². The first-order valence-electron chi connectivity index (χ1n) is 6.72. The zero-order valence-corrected chi connectivity index (χ0v) is 12.7. The lowest BCUT2D eigenvalue weighted by Crippen LogP contribution is -2.35. The van der Waals surface area contributed by atoms with Gasteiger partial charge < -0.3 is 14.2 Å². The van der Waals surface area contributed by atoms with Crippen molar-refractivity contribution in [1.82, 2.24) is 4.98 Å². The van der Waals surface area contributed by atoms with Gasteiger partial charge in [-0.1, -0.05) is 23.7 Å². The van der Waals surface area contributed by atoms with E-state index in [1.807, 2.05) is 44.2 Å². The first kappa shape index (κ1) is 14.2. The molecule has 2 aromatic rings. The van der Waals surface area contributed by atoms with Gasteiger partial charge in [0.2, 0.25) is 5.79 Å². The summed E-state index contributed by atoms with van der Waals surface area (Å²) in [5.41, 5.74) is 1.76. The predicted octanol–water partition coefficient (Wildman–Crippen LogP) is 3.96. The zero-order chi connectivity index (χ0) is 14.9. The molecule has 0 radical (unpaired) electrons. The highest BCUT2D eigenvalue weighted by molar-refractivity contribution is 6.30. The van der Waals surface area contributed by atoms with Crippen LogP contribution in [-0.2, 0) is 18.0 Å². The summed E-state index contributed by atoms with van der Waals surface area (Å²) in [6.45, 7) is 4.59. The van der Waals surface area contributed by atoms with E-state index >= 15 is 0 Å². The second-order valence-corrected chi connectivity index (χ2v) is 5.62. The average Bonchev–Trinajstić information content (AvgIpc) is 2.45. The highest BCUT2D eigenvalue weighted by atomic mass is 35.5. The molecule has 1 aromatic carbocycles. The standard InChI is InChI=1S/C16H16ClNO3/c1-16(2)20-10-12-13(6-3-7-14(12)21-16)19-9-11-5-4-8-18-15(11)17/h3-8H,9-10H2,1-2H3. The predicted molar refractivity (Wildman–Crippen MR) is 79.5 cm³/mol. The Morgan fingerprint density at radius 3 is 2.95 bits per heavy atom. The van der Waals surface area contributed by atoms with E-state index in [-0.39, 0.29) is 0 Å². The fraction of sp³-hybridized carbons (Fsp3) is 0.312. The normalized spacial score (nSPS) is 16.0. The Morgan fingerprint density at radius 1 is 1.29 bits per heavy atom. The maximum Gasteiger partial charge on any atom is 0.205 e. The molecule has 4 nitrogen and oxygen atoms in total. The first-order valence-corrected chi connectivity index (χ1v) is 7.10. The van der Waals surface area contributed by atoms with Crippen LogP contribution in [0.2, 0.25) is 5.15 Å². The second-order valence-electron chi connectivity index (χ2n) is 5.27. The number of benzene rings is 1. The van der Waals surface area contributed by atoms with Crippen LogP contribution in [0.5, 0.6) is 11.5 Å². The van der Waals surface area contributed by atoms with Crippen LogP contribution in [0.4, 0.5) is 0 Å². The van der Waals surface area contributed by atoms with E-state index in [1.165, 1.54) is 0 Å². The van der Waals surface area contributed by atoms with Crippen LogP contribution in [-0.4, -0.2) is 10.8 Å². The smallest absolute Gasteiger partial charge is 0.205 e. The monoisotopic (exact) mass is 305 g/mol. The van der Waals surface area contributed by atoms with Crippen LogP contribution in [0.25, 0.3) is 0 Å². The number of hydrogen-bond donors (Lipinski definition) is 0. The third-order valence-electron chi connectivity index (χ3n) is 3.23. The number of ether oxygens (including phenoxy) is 3. The molecular formula is C16H16ClNO3. The molecule has 3 rings (SSSR count). The summed E-state index contributed by atoms with van der Waals surface area (Å²) in [5, 5.41) is 0.455. The summed E-state index contributed by atoms with van der Waals surface area (Å²) >= 11 is 6.03. The molecule has 0 atom stereocenters. The van der Waals surface area contributed by atoms with Crippen molar-refractivity contribution in [3.05, 3.63) is 52.8 Å². The van der Waals surface area contributed by atoms with E-state index in [0.29, 0.717) is 18.4 Å². The van der Waals surface area contributed by atoms with Crippen LogP contribution in [0, 0.1) is 0 Å². The third kappa shape index (κ3) is 3.12. The van der Waals surface area contributed by atoms with E-state index in [0.717, 1.165) is 22.6 Å². The highest BCUT2D eigenvalue weighted by Crippen LogP contribution is 2.37. The van der Waals surface area contributed by atoms with Gasteiger partial charge in [-0.15, -0.1) is 0 Å². The summed E-state index contributed by atoms with van der Waals surface area (Å²) in [5.74, 6) is 0.919. The summed E-state index contributed by atoms with van der Waals surface area (Å²) in [6, 6.07) is 9.44. The van der Waals surface area contributed by atoms with Gasteiger partial charge in [0.25, 0.3) is 0 Å². The lowest BCUT2D eigenvalue weighted by Gasteiger charge is -2.33. The number of rotatable bonds is 3. The van der Waals surface area contributed by atoms with E-state index in [2.05, 4.69) is 4.98 Å².